The average molecular weight is 384 g/mol. The highest BCUT2D eigenvalue weighted by Crippen LogP contribution is 2.29. The highest BCUT2D eigenvalue weighted by Gasteiger charge is 2.17. The van der Waals surface area contributed by atoms with Gasteiger partial charge in [0.15, 0.2) is 0 Å². The number of carbonyl (C=O) groups is 1. The maximum atomic E-state index is 13.3. The van der Waals surface area contributed by atoms with E-state index in [2.05, 4.69) is 25.6 Å². The fourth-order valence-corrected chi connectivity index (χ4v) is 2.29. The fraction of sp³-hybridized carbons (Fsp3) is 0.0588. The third kappa shape index (κ3) is 4.52. The molecule has 142 valence electrons. The van der Waals surface area contributed by atoms with Crippen molar-refractivity contribution >= 4 is 29.1 Å². The van der Waals surface area contributed by atoms with Crippen molar-refractivity contribution in [3.63, 3.8) is 0 Å². The number of hydrogen-bond donors (Lipinski definition) is 3. The van der Waals surface area contributed by atoms with Crippen LogP contribution in [0.2, 0.25) is 0 Å². The van der Waals surface area contributed by atoms with E-state index in [0.29, 0.717) is 11.4 Å². The number of nitrogens with zero attached hydrogens (tertiary/aromatic N) is 4. The second kappa shape index (κ2) is 8.03. The molecule has 2 aromatic heterocycles. The van der Waals surface area contributed by atoms with Gasteiger partial charge in [-0.25, -0.2) is 9.37 Å². The Kier molecular flexibility index (Phi) is 5.35. The standard InChI is InChI=1S/C17H13FN6O4/c18-10-4-5-12(14(7-10)24(27)28)21-15-8-13(11-3-1-2-6-19-11)22-17(23-15)20-9-16(25)26/h1-8H,9H2,(H,25,26)(H2,20,21,22,23). The number of aliphatic carboxylic acids is 1. The van der Waals surface area contributed by atoms with Crippen LogP contribution in [0.4, 0.5) is 27.5 Å². The number of benzene rings is 1. The van der Waals surface area contributed by atoms with E-state index in [1.165, 1.54) is 12.1 Å². The number of nitrogens with one attached hydrogen (secondary N) is 2. The molecule has 0 amide bonds. The van der Waals surface area contributed by atoms with Crippen LogP contribution in [0.5, 0.6) is 0 Å². The predicted octanol–water partition coefficient (Wildman–Crippen LogP) is 2.83. The summed E-state index contributed by atoms with van der Waals surface area (Å²) in [6.07, 6.45) is 1.56. The van der Waals surface area contributed by atoms with E-state index >= 15 is 0 Å². The number of anilines is 3. The number of nitro groups is 1. The summed E-state index contributed by atoms with van der Waals surface area (Å²) in [5.74, 6) is -1.75. The molecule has 0 radical (unpaired) electrons. The summed E-state index contributed by atoms with van der Waals surface area (Å²) in [6.45, 7) is -0.429. The molecule has 3 aromatic rings. The first-order valence-electron chi connectivity index (χ1n) is 7.89. The van der Waals surface area contributed by atoms with E-state index in [9.17, 15) is 19.3 Å². The SMILES string of the molecule is O=C(O)CNc1nc(Nc2ccc(F)cc2[N+](=O)[O-])cc(-c2ccccn2)n1. The second-order valence-electron chi connectivity index (χ2n) is 5.47. The smallest absolute Gasteiger partial charge is 0.322 e. The van der Waals surface area contributed by atoms with E-state index in [1.54, 1.807) is 24.4 Å². The molecule has 0 saturated carbocycles. The lowest BCUT2D eigenvalue weighted by Crippen LogP contribution is -2.15. The number of nitro benzene ring substituents is 1. The lowest BCUT2D eigenvalue weighted by molar-refractivity contribution is -0.384. The molecule has 0 spiro atoms. The van der Waals surface area contributed by atoms with Gasteiger partial charge in [0.1, 0.15) is 23.9 Å². The van der Waals surface area contributed by atoms with Crippen molar-refractivity contribution in [1.82, 2.24) is 15.0 Å². The first kappa shape index (κ1) is 18.6. The zero-order chi connectivity index (χ0) is 20.1. The highest BCUT2D eigenvalue weighted by atomic mass is 19.1. The van der Waals surface area contributed by atoms with Crippen LogP contribution in [0.15, 0.2) is 48.7 Å². The van der Waals surface area contributed by atoms with Gasteiger partial charge in [0.25, 0.3) is 5.69 Å². The van der Waals surface area contributed by atoms with Crippen molar-refractivity contribution in [2.45, 2.75) is 0 Å². The van der Waals surface area contributed by atoms with Crippen LogP contribution in [-0.2, 0) is 4.79 Å². The van der Waals surface area contributed by atoms with Crippen molar-refractivity contribution < 1.29 is 19.2 Å². The number of carboxylic acids is 1. The van der Waals surface area contributed by atoms with E-state index < -0.39 is 28.9 Å². The Morgan fingerprint density at radius 2 is 2.00 bits per heavy atom. The molecular formula is C17H13FN6O4. The van der Waals surface area contributed by atoms with Crippen LogP contribution in [0.3, 0.4) is 0 Å². The molecule has 0 bridgehead atoms. The highest BCUT2D eigenvalue weighted by molar-refractivity contribution is 5.73. The molecule has 0 aliphatic carbocycles. The maximum absolute atomic E-state index is 13.3. The molecule has 0 aliphatic heterocycles. The van der Waals surface area contributed by atoms with Gasteiger partial charge in [-0.3, -0.25) is 19.9 Å². The first-order chi connectivity index (χ1) is 13.4. The number of halogens is 1. The molecule has 0 unspecified atom stereocenters. The summed E-state index contributed by atoms with van der Waals surface area (Å²) in [5.41, 5.74) is 0.384. The summed E-state index contributed by atoms with van der Waals surface area (Å²) < 4.78 is 13.3. The Balaban J connectivity index is 2.01. The van der Waals surface area contributed by atoms with E-state index in [0.717, 1.165) is 12.1 Å². The van der Waals surface area contributed by atoms with Crippen molar-refractivity contribution in [1.29, 1.82) is 0 Å². The van der Waals surface area contributed by atoms with Crippen LogP contribution in [0, 0.1) is 15.9 Å². The lowest BCUT2D eigenvalue weighted by Gasteiger charge is -2.11. The number of rotatable bonds is 7. The van der Waals surface area contributed by atoms with Crippen molar-refractivity contribution in [3.05, 3.63) is 64.6 Å². The van der Waals surface area contributed by atoms with Gasteiger partial charge in [-0.1, -0.05) is 6.07 Å². The van der Waals surface area contributed by atoms with Gasteiger partial charge in [0.2, 0.25) is 5.95 Å². The molecule has 2 heterocycles. The summed E-state index contributed by atoms with van der Waals surface area (Å²) in [7, 11) is 0. The van der Waals surface area contributed by atoms with Crippen LogP contribution >= 0.6 is 0 Å². The Bertz CT molecular complexity index is 1030. The van der Waals surface area contributed by atoms with Crippen molar-refractivity contribution in [2.75, 3.05) is 17.2 Å². The fourth-order valence-electron chi connectivity index (χ4n) is 2.29. The maximum Gasteiger partial charge on any atom is 0.322 e. The molecule has 28 heavy (non-hydrogen) atoms. The molecule has 11 heteroatoms. The van der Waals surface area contributed by atoms with Gasteiger partial charge >= 0.3 is 5.97 Å². The van der Waals surface area contributed by atoms with Gasteiger partial charge < -0.3 is 15.7 Å². The van der Waals surface area contributed by atoms with Gasteiger partial charge in [-0.05, 0) is 24.3 Å². The average Bonchev–Trinajstić information content (AvgIpc) is 2.68. The third-order valence-corrected chi connectivity index (χ3v) is 3.47. The van der Waals surface area contributed by atoms with Gasteiger partial charge in [-0.2, -0.15) is 4.98 Å². The molecule has 0 fully saturated rings. The molecule has 3 rings (SSSR count). The summed E-state index contributed by atoms with van der Waals surface area (Å²) in [6, 6.07) is 9.70. The Hall–Kier alpha value is -4.15. The Morgan fingerprint density at radius 3 is 2.68 bits per heavy atom. The van der Waals surface area contributed by atoms with Gasteiger partial charge in [-0.15, -0.1) is 0 Å². The van der Waals surface area contributed by atoms with E-state index in [4.69, 9.17) is 5.11 Å². The number of carboxylic acid groups (broad SMARTS) is 1. The lowest BCUT2D eigenvalue weighted by atomic mass is 10.2. The van der Waals surface area contributed by atoms with Gasteiger partial charge in [0, 0.05) is 12.3 Å². The van der Waals surface area contributed by atoms with Crippen LogP contribution < -0.4 is 10.6 Å². The Labute approximate surface area is 157 Å². The van der Waals surface area contributed by atoms with Crippen LogP contribution in [-0.4, -0.2) is 37.5 Å². The molecule has 1 aromatic carbocycles. The predicted molar refractivity (Wildman–Crippen MR) is 97.7 cm³/mol. The molecule has 0 atom stereocenters. The van der Waals surface area contributed by atoms with Crippen LogP contribution in [0.25, 0.3) is 11.4 Å². The molecule has 3 N–H and O–H groups in total. The summed E-state index contributed by atoms with van der Waals surface area (Å²) >= 11 is 0. The normalized spacial score (nSPS) is 10.3. The Morgan fingerprint density at radius 1 is 1.18 bits per heavy atom. The molecular weight excluding hydrogens is 371 g/mol. The molecule has 10 nitrogen and oxygen atoms in total. The summed E-state index contributed by atoms with van der Waals surface area (Å²) in [4.78, 5) is 33.7. The third-order valence-electron chi connectivity index (χ3n) is 3.47. The number of hydrogen-bond acceptors (Lipinski definition) is 8. The largest absolute Gasteiger partial charge is 0.480 e. The van der Waals surface area contributed by atoms with Crippen LogP contribution in [0.1, 0.15) is 0 Å². The molecule has 0 saturated heterocycles. The number of pyridine rings is 1. The monoisotopic (exact) mass is 384 g/mol. The zero-order valence-electron chi connectivity index (χ0n) is 14.2. The van der Waals surface area contributed by atoms with E-state index in [-0.39, 0.29) is 17.5 Å². The topological polar surface area (TPSA) is 143 Å². The van der Waals surface area contributed by atoms with Crippen molar-refractivity contribution in [2.24, 2.45) is 0 Å². The summed E-state index contributed by atoms with van der Waals surface area (Å²) in [5, 5.41) is 25.3. The van der Waals surface area contributed by atoms with Crippen molar-refractivity contribution in [3.8, 4) is 11.4 Å². The van der Waals surface area contributed by atoms with Gasteiger partial charge in [0.05, 0.1) is 22.4 Å². The quantitative estimate of drug-likeness (QED) is 0.414. The second-order valence-corrected chi connectivity index (χ2v) is 5.47. The minimum Gasteiger partial charge on any atom is -0.480 e. The minimum absolute atomic E-state index is 0.0151. The number of aromatic nitrogens is 3. The first-order valence-corrected chi connectivity index (χ1v) is 7.89. The molecule has 0 aliphatic rings. The minimum atomic E-state index is -1.12. The zero-order valence-corrected chi connectivity index (χ0v) is 14.2. The van der Waals surface area contributed by atoms with E-state index in [1.807, 2.05) is 0 Å².